The second-order valence-corrected chi connectivity index (χ2v) is 5.06. The molecule has 0 aromatic heterocycles. The van der Waals surface area contributed by atoms with Crippen LogP contribution in [0.3, 0.4) is 0 Å². The van der Waals surface area contributed by atoms with Crippen LogP contribution in [0.4, 0.5) is 20.2 Å². The van der Waals surface area contributed by atoms with Crippen LogP contribution >= 0.6 is 0 Å². The standard InChI is InChI=1S/C15H21F2N3O/c1-4-21-11(2)18-12-9-13(16)15(14(17)10-12)20-7-5-19(3)6-8-20/h9-10,18H,2,4-8H2,1,3H3. The van der Waals surface area contributed by atoms with Gasteiger partial charge in [0.1, 0.15) is 5.69 Å². The van der Waals surface area contributed by atoms with Gasteiger partial charge in [-0.05, 0) is 32.7 Å². The lowest BCUT2D eigenvalue weighted by atomic mass is 10.2. The zero-order valence-electron chi connectivity index (χ0n) is 12.5. The van der Waals surface area contributed by atoms with E-state index < -0.39 is 11.6 Å². The van der Waals surface area contributed by atoms with Gasteiger partial charge in [0.05, 0.1) is 6.61 Å². The number of halogens is 2. The molecule has 0 saturated carbocycles. The Bertz CT molecular complexity index is 491. The number of likely N-dealkylation sites (N-methyl/N-ethyl adjacent to an activating group) is 1. The lowest BCUT2D eigenvalue weighted by Gasteiger charge is -2.34. The van der Waals surface area contributed by atoms with Gasteiger partial charge in [-0.2, -0.15) is 0 Å². The number of hydrogen-bond donors (Lipinski definition) is 1. The fourth-order valence-electron chi connectivity index (χ4n) is 2.34. The summed E-state index contributed by atoms with van der Waals surface area (Å²) in [5.74, 6) is -0.888. The number of ether oxygens (including phenoxy) is 1. The van der Waals surface area contributed by atoms with Crippen LogP contribution in [0.1, 0.15) is 6.92 Å². The molecule has 4 nitrogen and oxygen atoms in total. The third-order valence-electron chi connectivity index (χ3n) is 3.44. The summed E-state index contributed by atoms with van der Waals surface area (Å²) in [7, 11) is 2.00. The lowest BCUT2D eigenvalue weighted by molar-refractivity contribution is 0.236. The van der Waals surface area contributed by atoms with Crippen molar-refractivity contribution in [2.24, 2.45) is 0 Å². The van der Waals surface area contributed by atoms with E-state index >= 15 is 0 Å². The van der Waals surface area contributed by atoms with E-state index in [2.05, 4.69) is 16.8 Å². The van der Waals surface area contributed by atoms with Crippen LogP contribution in [0.25, 0.3) is 0 Å². The molecule has 1 aromatic carbocycles. The van der Waals surface area contributed by atoms with Crippen molar-refractivity contribution < 1.29 is 13.5 Å². The molecule has 1 aliphatic rings. The highest BCUT2D eigenvalue weighted by Crippen LogP contribution is 2.28. The second-order valence-electron chi connectivity index (χ2n) is 5.06. The third kappa shape index (κ3) is 3.85. The van der Waals surface area contributed by atoms with Gasteiger partial charge in [-0.15, -0.1) is 0 Å². The van der Waals surface area contributed by atoms with Gasteiger partial charge in [0, 0.05) is 31.9 Å². The SMILES string of the molecule is C=C(Nc1cc(F)c(N2CCN(C)CC2)c(F)c1)OCC. The Labute approximate surface area is 124 Å². The molecule has 0 bridgehead atoms. The normalized spacial score (nSPS) is 15.9. The number of nitrogens with one attached hydrogen (secondary N) is 1. The topological polar surface area (TPSA) is 27.7 Å². The van der Waals surface area contributed by atoms with Crippen molar-refractivity contribution in [1.82, 2.24) is 4.90 Å². The van der Waals surface area contributed by atoms with E-state index in [0.29, 0.717) is 25.4 Å². The van der Waals surface area contributed by atoms with Crippen LogP contribution < -0.4 is 10.2 Å². The summed E-state index contributed by atoms with van der Waals surface area (Å²) in [6.07, 6.45) is 0. The van der Waals surface area contributed by atoms with E-state index in [4.69, 9.17) is 4.74 Å². The highest BCUT2D eigenvalue weighted by Gasteiger charge is 2.21. The molecule has 2 rings (SSSR count). The second kappa shape index (κ2) is 6.76. The number of anilines is 2. The van der Waals surface area contributed by atoms with Crippen LogP contribution in [-0.2, 0) is 4.74 Å². The summed E-state index contributed by atoms with van der Waals surface area (Å²) < 4.78 is 33.6. The molecule has 1 N–H and O–H groups in total. The molecule has 1 fully saturated rings. The maximum atomic E-state index is 14.2. The molecule has 0 radical (unpaired) electrons. The molecular formula is C15H21F2N3O. The number of hydrogen-bond acceptors (Lipinski definition) is 4. The predicted octanol–water partition coefficient (Wildman–Crippen LogP) is 2.64. The Kier molecular flexibility index (Phi) is 5.01. The minimum Gasteiger partial charge on any atom is -0.480 e. The first-order chi connectivity index (χ1) is 10.0. The molecule has 0 spiro atoms. The highest BCUT2D eigenvalue weighted by molar-refractivity contribution is 5.59. The summed E-state index contributed by atoms with van der Waals surface area (Å²) >= 11 is 0. The van der Waals surface area contributed by atoms with Gasteiger partial charge in [0.15, 0.2) is 17.5 Å². The Hall–Kier alpha value is -1.82. The van der Waals surface area contributed by atoms with E-state index in [1.54, 1.807) is 4.90 Å². The van der Waals surface area contributed by atoms with E-state index in [1.807, 2.05) is 14.0 Å². The largest absolute Gasteiger partial charge is 0.480 e. The van der Waals surface area contributed by atoms with Gasteiger partial charge in [0.25, 0.3) is 0 Å². The van der Waals surface area contributed by atoms with Crippen molar-refractivity contribution >= 4 is 11.4 Å². The molecule has 0 amide bonds. The maximum absolute atomic E-state index is 14.2. The molecule has 1 aromatic rings. The van der Waals surface area contributed by atoms with Crippen molar-refractivity contribution in [1.29, 1.82) is 0 Å². The number of benzene rings is 1. The first-order valence-electron chi connectivity index (χ1n) is 7.02. The summed E-state index contributed by atoms with van der Waals surface area (Å²) in [6.45, 7) is 8.69. The van der Waals surface area contributed by atoms with Crippen molar-refractivity contribution in [3.8, 4) is 0 Å². The summed E-state index contributed by atoms with van der Waals surface area (Å²) in [6, 6.07) is 2.53. The molecule has 0 aliphatic carbocycles. The van der Waals surface area contributed by atoms with Crippen LogP contribution in [0.5, 0.6) is 0 Å². The first-order valence-corrected chi connectivity index (χ1v) is 7.02. The van der Waals surface area contributed by atoms with Gasteiger partial charge in [-0.1, -0.05) is 0 Å². The lowest BCUT2D eigenvalue weighted by Crippen LogP contribution is -2.45. The summed E-state index contributed by atoms with van der Waals surface area (Å²) in [5.41, 5.74) is 0.331. The Morgan fingerprint density at radius 1 is 1.24 bits per heavy atom. The van der Waals surface area contributed by atoms with Gasteiger partial charge >= 0.3 is 0 Å². The third-order valence-corrected chi connectivity index (χ3v) is 3.44. The van der Waals surface area contributed by atoms with Gasteiger partial charge in [0.2, 0.25) is 0 Å². The maximum Gasteiger partial charge on any atom is 0.183 e. The van der Waals surface area contributed by atoms with Crippen LogP contribution in [0.15, 0.2) is 24.6 Å². The average Bonchev–Trinajstić information content (AvgIpc) is 2.40. The van der Waals surface area contributed by atoms with Crippen molar-refractivity contribution in [2.45, 2.75) is 6.92 Å². The number of piperazine rings is 1. The van der Waals surface area contributed by atoms with Gasteiger partial charge < -0.3 is 19.9 Å². The molecule has 1 heterocycles. The molecule has 21 heavy (non-hydrogen) atoms. The minimum absolute atomic E-state index is 0.0377. The zero-order chi connectivity index (χ0) is 15.4. The summed E-state index contributed by atoms with van der Waals surface area (Å²) in [4.78, 5) is 3.88. The first kappa shape index (κ1) is 15.6. The fourth-order valence-corrected chi connectivity index (χ4v) is 2.34. The molecule has 6 heteroatoms. The van der Waals surface area contributed by atoms with Crippen LogP contribution in [0, 0.1) is 11.6 Å². The average molecular weight is 297 g/mol. The van der Waals surface area contributed by atoms with E-state index in [1.165, 1.54) is 12.1 Å². The predicted molar refractivity (Wildman–Crippen MR) is 80.5 cm³/mol. The van der Waals surface area contributed by atoms with E-state index in [-0.39, 0.29) is 11.6 Å². The van der Waals surface area contributed by atoms with Gasteiger partial charge in [-0.3, -0.25) is 0 Å². The summed E-state index contributed by atoms with van der Waals surface area (Å²) in [5, 5.41) is 2.74. The van der Waals surface area contributed by atoms with Crippen LogP contribution in [0.2, 0.25) is 0 Å². The smallest absolute Gasteiger partial charge is 0.183 e. The monoisotopic (exact) mass is 297 g/mol. The van der Waals surface area contributed by atoms with Crippen LogP contribution in [-0.4, -0.2) is 44.7 Å². The number of nitrogens with zero attached hydrogens (tertiary/aromatic N) is 2. The molecule has 1 saturated heterocycles. The van der Waals surface area contributed by atoms with Crippen molar-refractivity contribution in [3.05, 3.63) is 36.2 Å². The van der Waals surface area contributed by atoms with E-state index in [9.17, 15) is 8.78 Å². The molecule has 0 atom stereocenters. The Morgan fingerprint density at radius 3 is 2.33 bits per heavy atom. The molecule has 1 aliphatic heterocycles. The van der Waals surface area contributed by atoms with Crippen molar-refractivity contribution in [3.63, 3.8) is 0 Å². The van der Waals surface area contributed by atoms with Crippen molar-refractivity contribution in [2.75, 3.05) is 50.1 Å². The highest BCUT2D eigenvalue weighted by atomic mass is 19.1. The Morgan fingerprint density at radius 2 is 1.81 bits per heavy atom. The molecule has 116 valence electrons. The molecular weight excluding hydrogens is 276 g/mol. The molecule has 0 unspecified atom stereocenters. The Balaban J connectivity index is 2.15. The van der Waals surface area contributed by atoms with Gasteiger partial charge in [-0.25, -0.2) is 8.78 Å². The minimum atomic E-state index is -0.577. The zero-order valence-corrected chi connectivity index (χ0v) is 12.5. The quantitative estimate of drug-likeness (QED) is 0.846. The van der Waals surface area contributed by atoms with E-state index in [0.717, 1.165) is 13.1 Å². The number of rotatable bonds is 5. The fraction of sp³-hybridized carbons (Fsp3) is 0.467.